The van der Waals surface area contributed by atoms with Crippen LogP contribution in [0.2, 0.25) is 0 Å². The van der Waals surface area contributed by atoms with E-state index in [9.17, 15) is 9.59 Å². The molecule has 0 saturated heterocycles. The molecular weight excluding hydrogens is 286 g/mol. The molecule has 2 heterocycles. The summed E-state index contributed by atoms with van der Waals surface area (Å²) in [5.41, 5.74) is 7.55. The van der Waals surface area contributed by atoms with Crippen LogP contribution in [0.3, 0.4) is 0 Å². The molecule has 0 aliphatic carbocycles. The minimum absolute atomic E-state index is 0.0194. The van der Waals surface area contributed by atoms with Gasteiger partial charge in [-0.3, -0.25) is 18.9 Å². The molecule has 0 atom stereocenters. The molecule has 9 heteroatoms. The van der Waals surface area contributed by atoms with E-state index in [4.69, 9.17) is 5.53 Å². The Hall–Kier alpha value is -3.42. The maximum atomic E-state index is 12.0. The Labute approximate surface area is 124 Å². The average molecular weight is 297 g/mol. The molecule has 0 radical (unpaired) electrons. The van der Waals surface area contributed by atoms with Gasteiger partial charge in [0.2, 0.25) is 0 Å². The topological polar surface area (TPSA) is 121 Å². The van der Waals surface area contributed by atoms with Crippen molar-refractivity contribution in [2.45, 2.75) is 13.5 Å². The first kappa shape index (κ1) is 15.0. The number of azide groups is 1. The number of nitrogens with one attached hydrogen (secondary N) is 1. The zero-order chi connectivity index (χ0) is 16.1. The van der Waals surface area contributed by atoms with Gasteiger partial charge in [-0.2, -0.15) is 0 Å². The average Bonchev–Trinajstić information content (AvgIpc) is 2.86. The van der Waals surface area contributed by atoms with E-state index in [1.54, 1.807) is 6.92 Å². The van der Waals surface area contributed by atoms with Gasteiger partial charge < -0.3 is 0 Å². The van der Waals surface area contributed by atoms with E-state index >= 15 is 0 Å². The van der Waals surface area contributed by atoms with Crippen molar-refractivity contribution in [3.8, 4) is 23.7 Å². The molecule has 0 unspecified atom stereocenters. The van der Waals surface area contributed by atoms with Gasteiger partial charge in [0.15, 0.2) is 17.0 Å². The van der Waals surface area contributed by atoms with E-state index in [1.807, 2.05) is 0 Å². The highest BCUT2D eigenvalue weighted by molar-refractivity contribution is 5.72. The molecule has 0 aliphatic heterocycles. The second kappa shape index (κ2) is 6.35. The predicted octanol–water partition coefficient (Wildman–Crippen LogP) is 0.108. The summed E-state index contributed by atoms with van der Waals surface area (Å²) in [6.45, 7) is 1.86. The summed E-state index contributed by atoms with van der Waals surface area (Å²) in [6, 6.07) is 0. The molecule has 22 heavy (non-hydrogen) atoms. The van der Waals surface area contributed by atoms with Gasteiger partial charge in [0.25, 0.3) is 5.56 Å². The Balaban J connectivity index is 2.75. The fourth-order valence-corrected chi connectivity index (χ4v) is 1.83. The van der Waals surface area contributed by atoms with Crippen molar-refractivity contribution in [2.75, 3.05) is 6.54 Å². The number of H-pyrrole nitrogens is 1. The largest absolute Gasteiger partial charge is 0.329 e. The first-order valence-electron chi connectivity index (χ1n) is 6.19. The number of hydrogen-bond acceptors (Lipinski definition) is 4. The highest BCUT2D eigenvalue weighted by Crippen LogP contribution is 2.09. The van der Waals surface area contributed by atoms with Gasteiger partial charge in [-0.1, -0.05) is 17.0 Å². The van der Waals surface area contributed by atoms with E-state index in [1.165, 1.54) is 16.2 Å². The van der Waals surface area contributed by atoms with Crippen molar-refractivity contribution < 1.29 is 0 Å². The van der Waals surface area contributed by atoms with Gasteiger partial charge in [-0.05, 0) is 18.4 Å². The quantitative estimate of drug-likeness (QED) is 0.366. The van der Waals surface area contributed by atoms with Crippen LogP contribution in [-0.4, -0.2) is 25.6 Å². The van der Waals surface area contributed by atoms with Crippen molar-refractivity contribution in [3.63, 3.8) is 0 Å². The van der Waals surface area contributed by atoms with Crippen LogP contribution in [0.15, 0.2) is 14.7 Å². The molecule has 0 bridgehead atoms. The van der Waals surface area contributed by atoms with E-state index < -0.39 is 11.2 Å². The number of fused-ring (bicyclic) bond motifs is 1. The number of aromatic nitrogens is 4. The van der Waals surface area contributed by atoms with E-state index in [0.29, 0.717) is 0 Å². The fourth-order valence-electron chi connectivity index (χ4n) is 1.83. The first-order chi connectivity index (χ1) is 10.6. The van der Waals surface area contributed by atoms with Crippen LogP contribution in [0.5, 0.6) is 0 Å². The van der Waals surface area contributed by atoms with Crippen LogP contribution in [0.1, 0.15) is 12.7 Å². The highest BCUT2D eigenvalue weighted by atomic mass is 16.2. The Morgan fingerprint density at radius 1 is 1.41 bits per heavy atom. The summed E-state index contributed by atoms with van der Waals surface area (Å²) in [7, 11) is 1.50. The number of aromatic amines is 1. The molecule has 2 aromatic heterocycles. The van der Waals surface area contributed by atoms with Gasteiger partial charge in [0.1, 0.15) is 0 Å². The molecule has 2 rings (SSSR count). The standard InChI is InChI=1S/C13H11N7O2/c1-3-4-8-20-9(6-5-7-15-18-14)16-11-10(20)12(21)17-13(22)19(11)2/h7-8H2,1-2H3,(H,17,21,22). The maximum Gasteiger partial charge on any atom is 0.329 e. The highest BCUT2D eigenvalue weighted by Gasteiger charge is 2.15. The Morgan fingerprint density at radius 2 is 2.18 bits per heavy atom. The minimum Gasteiger partial charge on any atom is -0.300 e. The van der Waals surface area contributed by atoms with Gasteiger partial charge >= 0.3 is 5.69 Å². The molecule has 0 amide bonds. The third kappa shape index (κ3) is 2.70. The van der Waals surface area contributed by atoms with E-state index in [2.05, 4.69) is 43.7 Å². The van der Waals surface area contributed by atoms with Gasteiger partial charge in [-0.25, -0.2) is 9.78 Å². The molecule has 0 spiro atoms. The number of imidazole rings is 1. The van der Waals surface area contributed by atoms with Crippen LogP contribution in [0.4, 0.5) is 0 Å². The summed E-state index contributed by atoms with van der Waals surface area (Å²) in [5.74, 6) is 11.2. The lowest BCUT2D eigenvalue weighted by Crippen LogP contribution is -2.29. The SMILES string of the molecule is CC#CCn1c(C#CCN=[N+]=[N-])nc2c1c(=O)[nH]c(=O)n2C. The summed E-state index contributed by atoms with van der Waals surface area (Å²) < 4.78 is 2.75. The van der Waals surface area contributed by atoms with Crippen molar-refractivity contribution in [3.05, 3.63) is 37.1 Å². The summed E-state index contributed by atoms with van der Waals surface area (Å²) in [6.07, 6.45) is 0. The molecule has 0 fully saturated rings. The number of rotatable bonds is 2. The zero-order valence-electron chi connectivity index (χ0n) is 11.9. The molecule has 1 N–H and O–H groups in total. The van der Waals surface area contributed by atoms with Crippen LogP contribution in [0, 0.1) is 23.7 Å². The summed E-state index contributed by atoms with van der Waals surface area (Å²) in [4.78, 5) is 32.7. The lowest BCUT2D eigenvalue weighted by Gasteiger charge is -2.00. The normalized spacial score (nSPS) is 9.36. The molecule has 0 aliphatic rings. The van der Waals surface area contributed by atoms with Crippen LogP contribution in [-0.2, 0) is 13.6 Å². The van der Waals surface area contributed by atoms with Crippen molar-refractivity contribution in [1.82, 2.24) is 19.1 Å². The molecule has 2 aromatic rings. The van der Waals surface area contributed by atoms with Gasteiger partial charge in [-0.15, -0.1) is 5.92 Å². The third-order valence-electron chi connectivity index (χ3n) is 2.83. The number of hydrogen-bond donors (Lipinski definition) is 1. The Bertz CT molecular complexity index is 1010. The minimum atomic E-state index is -0.558. The Kier molecular flexibility index (Phi) is 4.33. The summed E-state index contributed by atoms with van der Waals surface area (Å²) in [5, 5.41) is 3.30. The molecule has 0 aromatic carbocycles. The Morgan fingerprint density at radius 3 is 2.86 bits per heavy atom. The molecule has 0 saturated carbocycles. The lowest BCUT2D eigenvalue weighted by molar-refractivity contribution is 0.821. The monoisotopic (exact) mass is 297 g/mol. The summed E-state index contributed by atoms with van der Waals surface area (Å²) >= 11 is 0. The lowest BCUT2D eigenvalue weighted by atomic mass is 10.4. The van der Waals surface area contributed by atoms with Gasteiger partial charge in [0.05, 0.1) is 13.1 Å². The van der Waals surface area contributed by atoms with Crippen molar-refractivity contribution >= 4 is 11.2 Å². The van der Waals surface area contributed by atoms with E-state index in [0.717, 1.165) is 0 Å². The second-order valence-electron chi connectivity index (χ2n) is 4.13. The smallest absolute Gasteiger partial charge is 0.300 e. The zero-order valence-corrected chi connectivity index (χ0v) is 11.9. The van der Waals surface area contributed by atoms with Gasteiger partial charge in [0, 0.05) is 12.0 Å². The van der Waals surface area contributed by atoms with Crippen LogP contribution < -0.4 is 11.2 Å². The molecular formula is C13H11N7O2. The predicted molar refractivity (Wildman–Crippen MR) is 79.9 cm³/mol. The first-order valence-corrected chi connectivity index (χ1v) is 6.19. The molecule has 110 valence electrons. The second-order valence-corrected chi connectivity index (χ2v) is 4.13. The van der Waals surface area contributed by atoms with Crippen molar-refractivity contribution in [2.24, 2.45) is 12.2 Å². The third-order valence-corrected chi connectivity index (χ3v) is 2.83. The fraction of sp³-hybridized carbons (Fsp3) is 0.308. The van der Waals surface area contributed by atoms with Crippen LogP contribution in [0.25, 0.3) is 21.6 Å². The van der Waals surface area contributed by atoms with Crippen LogP contribution >= 0.6 is 0 Å². The van der Waals surface area contributed by atoms with Crippen molar-refractivity contribution in [1.29, 1.82) is 0 Å². The number of nitrogens with zero attached hydrogens (tertiary/aromatic N) is 6. The van der Waals surface area contributed by atoms with E-state index in [-0.39, 0.29) is 30.1 Å². The molecule has 9 nitrogen and oxygen atoms in total. The number of aryl methyl sites for hydroxylation is 1. The maximum absolute atomic E-state index is 12.0.